The molecule has 1 saturated carbocycles. The maximum atomic E-state index is 13.2. The van der Waals surface area contributed by atoms with Crippen molar-refractivity contribution in [3.8, 4) is 17.0 Å². The number of alkyl halides is 8. The molecule has 2 heterocycles. The van der Waals surface area contributed by atoms with Crippen LogP contribution in [0, 0.1) is 0 Å². The number of nitrogens with zero attached hydrogens (tertiary/aromatic N) is 3. The molecule has 1 aliphatic rings. The minimum absolute atomic E-state index is 0.0442. The second-order valence-corrected chi connectivity index (χ2v) is 12.6. The summed E-state index contributed by atoms with van der Waals surface area (Å²) in [5.74, 6) is -2.94. The first-order valence-electron chi connectivity index (χ1n) is 12.5. The van der Waals surface area contributed by atoms with E-state index in [0.717, 1.165) is 16.3 Å². The van der Waals surface area contributed by atoms with Gasteiger partial charge in [-0.15, -0.1) is 0 Å². The molecule has 1 fully saturated rings. The van der Waals surface area contributed by atoms with E-state index in [-0.39, 0.29) is 44.5 Å². The molecule has 0 unspecified atom stereocenters. The van der Waals surface area contributed by atoms with Crippen molar-refractivity contribution in [1.29, 1.82) is 0 Å². The van der Waals surface area contributed by atoms with Gasteiger partial charge in [0.15, 0.2) is 5.69 Å². The third kappa shape index (κ3) is 8.37. The van der Waals surface area contributed by atoms with Gasteiger partial charge in [0.25, 0.3) is 5.91 Å². The number of aryl methyl sites for hydroxylation is 1. The van der Waals surface area contributed by atoms with Gasteiger partial charge in [-0.05, 0) is 32.6 Å². The quantitative estimate of drug-likeness (QED) is 0.313. The molecule has 0 aliphatic heterocycles. The van der Waals surface area contributed by atoms with Crippen LogP contribution in [-0.2, 0) is 16.4 Å². The molecule has 0 atom stereocenters. The number of carbonyl (C=O) groups is 1. The van der Waals surface area contributed by atoms with Gasteiger partial charge in [-0.1, -0.05) is 11.6 Å². The van der Waals surface area contributed by atoms with Crippen LogP contribution in [0.25, 0.3) is 11.3 Å². The zero-order chi connectivity index (χ0) is 32.5. The summed E-state index contributed by atoms with van der Waals surface area (Å²) in [5.41, 5.74) is -2.58. The summed E-state index contributed by atoms with van der Waals surface area (Å²) in [4.78, 5) is 16.4. The average Bonchev–Trinajstić information content (AvgIpc) is 3.20. The number of nitrogens with one attached hydrogen (secondary N) is 2. The van der Waals surface area contributed by atoms with Gasteiger partial charge in [0.2, 0.25) is 6.04 Å². The number of aliphatic hydroxyl groups is 1. The highest BCUT2D eigenvalue weighted by Crippen LogP contribution is 2.40. The number of sulfone groups is 1. The Bertz CT molecular complexity index is 1410. The predicted molar refractivity (Wildman–Crippen MR) is 137 cm³/mol. The second-order valence-electron chi connectivity index (χ2n) is 9.87. The molecule has 1 aliphatic carbocycles. The lowest BCUT2D eigenvalue weighted by molar-refractivity contribution is -0.242. The van der Waals surface area contributed by atoms with Crippen molar-refractivity contribution >= 4 is 33.2 Å². The second kappa shape index (κ2) is 12.6. The van der Waals surface area contributed by atoms with Crippen molar-refractivity contribution in [3.05, 3.63) is 23.0 Å². The fourth-order valence-electron chi connectivity index (χ4n) is 4.52. The van der Waals surface area contributed by atoms with Crippen LogP contribution in [-0.4, -0.2) is 82.9 Å². The molecule has 20 heteroatoms. The number of hydrogen-bond acceptors (Lipinski definition) is 8. The first-order valence-corrected chi connectivity index (χ1v) is 14.8. The van der Waals surface area contributed by atoms with E-state index in [9.17, 15) is 53.4 Å². The van der Waals surface area contributed by atoms with Crippen LogP contribution in [0.5, 0.6) is 5.75 Å². The highest BCUT2D eigenvalue weighted by atomic mass is 35.5. The van der Waals surface area contributed by atoms with E-state index in [0.29, 0.717) is 12.3 Å². The third-order valence-electron chi connectivity index (χ3n) is 6.74. The Labute approximate surface area is 244 Å². The summed E-state index contributed by atoms with van der Waals surface area (Å²) < 4.78 is 133. The lowest BCUT2D eigenvalue weighted by Gasteiger charge is -2.35. The monoisotopic (exact) mass is 671 g/mol. The number of aromatic nitrogens is 3. The van der Waals surface area contributed by atoms with Gasteiger partial charge in [-0.25, -0.2) is 13.4 Å². The number of halogens is 9. The van der Waals surface area contributed by atoms with Crippen LogP contribution >= 0.6 is 11.6 Å². The molecule has 0 saturated heterocycles. The number of amides is 1. The fraction of sp³-hybridized carbons (Fsp3) is 0.609. The van der Waals surface area contributed by atoms with Gasteiger partial charge in [0.1, 0.15) is 21.4 Å². The van der Waals surface area contributed by atoms with Crippen molar-refractivity contribution in [2.45, 2.75) is 75.0 Å². The summed E-state index contributed by atoms with van der Waals surface area (Å²) in [6, 6.07) is -3.69. The number of anilines is 1. The average molecular weight is 672 g/mol. The predicted octanol–water partition coefficient (Wildman–Crippen LogP) is 4.57. The van der Waals surface area contributed by atoms with Crippen molar-refractivity contribution < 1.29 is 58.2 Å². The van der Waals surface area contributed by atoms with Crippen molar-refractivity contribution in [2.75, 3.05) is 18.1 Å². The van der Waals surface area contributed by atoms with E-state index in [1.54, 1.807) is 0 Å². The highest BCUT2D eigenvalue weighted by Gasteiger charge is 2.57. The Kier molecular flexibility index (Phi) is 10.1. The molecule has 43 heavy (non-hydrogen) atoms. The zero-order valence-electron chi connectivity index (χ0n) is 22.4. The molecule has 2 aromatic rings. The Morgan fingerprint density at radius 3 is 2.28 bits per heavy atom. The van der Waals surface area contributed by atoms with Crippen LogP contribution in [0.15, 0.2) is 12.3 Å². The number of rotatable bonds is 10. The van der Waals surface area contributed by atoms with Gasteiger partial charge < -0.3 is 20.5 Å². The Morgan fingerprint density at radius 2 is 1.79 bits per heavy atom. The maximum absolute atomic E-state index is 13.2. The smallest absolute Gasteiger partial charge is 0.417 e. The Morgan fingerprint density at radius 1 is 1.21 bits per heavy atom. The summed E-state index contributed by atoms with van der Waals surface area (Å²) in [6.07, 6.45) is -9.44. The molecule has 0 bridgehead atoms. The van der Waals surface area contributed by atoms with Gasteiger partial charge >= 0.3 is 19.0 Å². The van der Waals surface area contributed by atoms with Crippen LogP contribution in [0.3, 0.4) is 0 Å². The van der Waals surface area contributed by atoms with Crippen molar-refractivity contribution in [2.24, 2.45) is 0 Å². The van der Waals surface area contributed by atoms with Crippen LogP contribution in [0.4, 0.5) is 40.9 Å². The number of hydrogen-bond donors (Lipinski definition) is 3. The molecule has 2 aromatic heterocycles. The van der Waals surface area contributed by atoms with E-state index >= 15 is 0 Å². The topological polar surface area (TPSA) is 135 Å². The highest BCUT2D eigenvalue weighted by molar-refractivity contribution is 7.91. The Balaban J connectivity index is 1.91. The van der Waals surface area contributed by atoms with E-state index in [1.165, 1.54) is 6.92 Å². The first-order chi connectivity index (χ1) is 19.7. The molecular weight excluding hydrogens is 646 g/mol. The lowest BCUT2D eigenvalue weighted by atomic mass is 9.84. The zero-order valence-corrected chi connectivity index (χ0v) is 23.9. The third-order valence-corrected chi connectivity index (χ3v) is 8.78. The lowest BCUT2D eigenvalue weighted by Crippen LogP contribution is -2.48. The summed E-state index contributed by atoms with van der Waals surface area (Å²) in [7, 11) is -3.32. The molecule has 3 N–H and O–H groups in total. The Hall–Kier alpha value is -2.93. The van der Waals surface area contributed by atoms with E-state index in [4.69, 9.17) is 11.6 Å². The number of pyridine rings is 1. The molecule has 0 aromatic carbocycles. The van der Waals surface area contributed by atoms with Crippen LogP contribution < -0.4 is 15.4 Å². The number of carbonyl (C=O) groups excluding carboxylic acids is 1. The molecule has 10 nitrogen and oxygen atoms in total. The van der Waals surface area contributed by atoms with Gasteiger partial charge in [0.05, 0.1) is 27.1 Å². The molecule has 242 valence electrons. The SMILES string of the molecule is CCn1nc(C(=O)NC[C@]2(O)CC[C@@H](S(C)(=O)=O)CC2)c(Cl)c1-c1cnc(NC(C(F)(F)F)C(F)(F)F)cc1OC(F)F. The van der Waals surface area contributed by atoms with E-state index in [1.807, 2.05) is 0 Å². The maximum Gasteiger partial charge on any atom is 0.417 e. The van der Waals surface area contributed by atoms with Gasteiger partial charge in [-0.3, -0.25) is 9.48 Å². The van der Waals surface area contributed by atoms with E-state index < -0.39 is 79.4 Å². The van der Waals surface area contributed by atoms with E-state index in [2.05, 4.69) is 20.1 Å². The molecule has 3 rings (SSSR count). The summed E-state index contributed by atoms with van der Waals surface area (Å²) >= 11 is 6.36. The van der Waals surface area contributed by atoms with Gasteiger partial charge in [0, 0.05) is 31.6 Å². The molecule has 1 amide bonds. The van der Waals surface area contributed by atoms with Gasteiger partial charge in [-0.2, -0.15) is 40.2 Å². The fourth-order valence-corrected chi connectivity index (χ4v) is 5.93. The van der Waals surface area contributed by atoms with Crippen LogP contribution in [0.2, 0.25) is 5.02 Å². The minimum atomic E-state index is -5.81. The largest absolute Gasteiger partial charge is 0.434 e. The molecular formula is C23H26ClF8N5O5S. The summed E-state index contributed by atoms with van der Waals surface area (Å²) in [6.45, 7) is -2.43. The number of ether oxygens (including phenoxy) is 1. The normalized spacial score (nSPS) is 20.0. The molecule has 0 spiro atoms. The molecule has 0 radical (unpaired) electrons. The van der Waals surface area contributed by atoms with Crippen molar-refractivity contribution in [1.82, 2.24) is 20.1 Å². The standard InChI is InChI=1S/C23H26ClF8N5O5S/c1-3-37-17(12-9-33-14(8-13(12)42-20(25)26)35-19(22(27,28)29)23(30,31)32)15(24)16(36-37)18(38)34-10-21(39)6-4-11(5-7-21)43(2,40)41/h8-9,11,19-20,39H,3-7,10H2,1-2H3,(H,33,35)(H,34,38)/t11-,21+. The van der Waals surface area contributed by atoms with Crippen LogP contribution in [0.1, 0.15) is 43.1 Å². The summed E-state index contributed by atoms with van der Waals surface area (Å²) in [5, 5.41) is 17.3. The first kappa shape index (κ1) is 34.6. The minimum Gasteiger partial charge on any atom is -0.434 e. The van der Waals surface area contributed by atoms with Crippen molar-refractivity contribution in [3.63, 3.8) is 0 Å².